The van der Waals surface area contributed by atoms with Gasteiger partial charge in [-0.3, -0.25) is 0 Å². The lowest BCUT2D eigenvalue weighted by Gasteiger charge is -2.32. The average Bonchev–Trinajstić information content (AvgIpc) is 3.43. The van der Waals surface area contributed by atoms with E-state index in [1.165, 1.54) is 33.2 Å². The number of hydrogen-bond donors (Lipinski definition) is 0. The molecule has 0 aliphatic carbocycles. The van der Waals surface area contributed by atoms with Crippen LogP contribution in [0.25, 0.3) is 21.8 Å². The van der Waals surface area contributed by atoms with E-state index in [1.54, 1.807) is 0 Å². The SMILES string of the molecule is CCN(CC)c1ccccc1N(c1ccccc1)c1ccc2c(c1)c1cc(N(c3ccccc3)c3ccccc3)ccc1n2CC. The molecule has 1 heterocycles. The van der Waals surface area contributed by atoms with Crippen molar-refractivity contribution in [3.63, 3.8) is 0 Å². The first kappa shape index (κ1) is 29.2. The topological polar surface area (TPSA) is 14.7 Å². The van der Waals surface area contributed by atoms with Gasteiger partial charge in [0.25, 0.3) is 0 Å². The van der Waals surface area contributed by atoms with Crippen molar-refractivity contribution in [2.75, 3.05) is 27.8 Å². The predicted molar refractivity (Wildman–Crippen MR) is 198 cm³/mol. The van der Waals surface area contributed by atoms with E-state index in [2.05, 4.69) is 192 Å². The van der Waals surface area contributed by atoms with Gasteiger partial charge in [0.2, 0.25) is 0 Å². The molecule has 0 saturated carbocycles. The van der Waals surface area contributed by atoms with Crippen LogP contribution in [0.1, 0.15) is 20.8 Å². The van der Waals surface area contributed by atoms with Crippen molar-refractivity contribution in [3.05, 3.63) is 152 Å². The summed E-state index contributed by atoms with van der Waals surface area (Å²) in [6, 6.07) is 54.7. The number of para-hydroxylation sites is 5. The van der Waals surface area contributed by atoms with E-state index in [0.717, 1.165) is 48.1 Å². The van der Waals surface area contributed by atoms with Gasteiger partial charge in [-0.2, -0.15) is 0 Å². The number of nitrogens with zero attached hydrogens (tertiary/aromatic N) is 4. The molecule has 6 aromatic carbocycles. The Morgan fingerprint density at radius 1 is 0.413 bits per heavy atom. The van der Waals surface area contributed by atoms with E-state index < -0.39 is 0 Å². The molecule has 0 spiro atoms. The minimum absolute atomic E-state index is 0.896. The highest BCUT2D eigenvalue weighted by molar-refractivity contribution is 6.11. The van der Waals surface area contributed by atoms with Crippen molar-refractivity contribution in [3.8, 4) is 0 Å². The molecule has 7 aromatic rings. The Labute approximate surface area is 272 Å². The summed E-state index contributed by atoms with van der Waals surface area (Å²) >= 11 is 0. The molecular weight excluding hydrogens is 560 g/mol. The fourth-order valence-corrected chi connectivity index (χ4v) is 6.79. The van der Waals surface area contributed by atoms with Gasteiger partial charge in [0.05, 0.1) is 11.4 Å². The summed E-state index contributed by atoms with van der Waals surface area (Å²) in [6.45, 7) is 9.47. The standard InChI is InChI=1S/C42H40N4/c1-4-43(5-2)41-24-16-17-25-42(41)46(34-22-14-9-15-23-34)36-27-29-40-38(31-36)37-30-35(26-28-39(37)44(40)6-3)45(32-18-10-7-11-19-32)33-20-12-8-13-21-33/h7-31H,4-6H2,1-3H3. The van der Waals surface area contributed by atoms with Crippen molar-refractivity contribution in [1.82, 2.24) is 4.57 Å². The first-order valence-electron chi connectivity index (χ1n) is 16.4. The summed E-state index contributed by atoms with van der Waals surface area (Å²) in [6.07, 6.45) is 0. The number of aromatic nitrogens is 1. The van der Waals surface area contributed by atoms with Gasteiger partial charge < -0.3 is 19.3 Å². The third kappa shape index (κ3) is 5.26. The molecule has 0 atom stereocenters. The largest absolute Gasteiger partial charge is 0.370 e. The second-order valence-electron chi connectivity index (χ2n) is 11.5. The summed E-state index contributed by atoms with van der Waals surface area (Å²) in [5.41, 5.74) is 10.6. The van der Waals surface area contributed by atoms with Crippen LogP contribution in [0.2, 0.25) is 0 Å². The second-order valence-corrected chi connectivity index (χ2v) is 11.5. The maximum Gasteiger partial charge on any atom is 0.0695 e. The van der Waals surface area contributed by atoms with Crippen LogP contribution in [0.3, 0.4) is 0 Å². The number of hydrogen-bond acceptors (Lipinski definition) is 3. The summed E-state index contributed by atoms with van der Waals surface area (Å²) in [7, 11) is 0. The molecule has 4 nitrogen and oxygen atoms in total. The summed E-state index contributed by atoms with van der Waals surface area (Å²) in [4.78, 5) is 7.18. The Hall–Kier alpha value is -5.48. The van der Waals surface area contributed by atoms with E-state index in [-0.39, 0.29) is 0 Å². The molecule has 0 unspecified atom stereocenters. The van der Waals surface area contributed by atoms with Crippen molar-refractivity contribution in [2.24, 2.45) is 0 Å². The number of aryl methyl sites for hydroxylation is 1. The van der Waals surface area contributed by atoms with Gasteiger partial charge in [0.15, 0.2) is 0 Å². The first-order valence-corrected chi connectivity index (χ1v) is 16.4. The third-order valence-electron chi connectivity index (χ3n) is 8.93. The smallest absolute Gasteiger partial charge is 0.0695 e. The number of rotatable bonds is 10. The highest BCUT2D eigenvalue weighted by atomic mass is 15.2. The minimum Gasteiger partial charge on any atom is -0.370 e. The molecule has 0 saturated heterocycles. The maximum absolute atomic E-state index is 2.43. The molecule has 0 amide bonds. The fourth-order valence-electron chi connectivity index (χ4n) is 6.79. The van der Waals surface area contributed by atoms with E-state index in [0.29, 0.717) is 0 Å². The lowest BCUT2D eigenvalue weighted by molar-refractivity contribution is 0.827. The highest BCUT2D eigenvalue weighted by Crippen LogP contribution is 2.44. The van der Waals surface area contributed by atoms with Gasteiger partial charge in [0.1, 0.15) is 0 Å². The van der Waals surface area contributed by atoms with Crippen molar-refractivity contribution >= 4 is 61.6 Å². The maximum atomic E-state index is 2.43. The van der Waals surface area contributed by atoms with Crippen LogP contribution in [0.15, 0.2) is 152 Å². The Morgan fingerprint density at radius 3 is 1.28 bits per heavy atom. The molecule has 0 aliphatic rings. The van der Waals surface area contributed by atoms with Crippen molar-refractivity contribution in [1.29, 1.82) is 0 Å². The molecule has 1 aromatic heterocycles. The Balaban J connectivity index is 1.45. The molecule has 0 radical (unpaired) electrons. The van der Waals surface area contributed by atoms with Gasteiger partial charge >= 0.3 is 0 Å². The van der Waals surface area contributed by atoms with Crippen LogP contribution >= 0.6 is 0 Å². The van der Waals surface area contributed by atoms with Crippen LogP contribution < -0.4 is 14.7 Å². The van der Waals surface area contributed by atoms with Crippen molar-refractivity contribution in [2.45, 2.75) is 27.3 Å². The van der Waals surface area contributed by atoms with Gasteiger partial charge in [-0.1, -0.05) is 66.7 Å². The van der Waals surface area contributed by atoms with Crippen LogP contribution in [0.5, 0.6) is 0 Å². The molecule has 4 heteroatoms. The molecule has 0 aliphatic heterocycles. The second kappa shape index (κ2) is 12.9. The number of fused-ring (bicyclic) bond motifs is 3. The highest BCUT2D eigenvalue weighted by Gasteiger charge is 2.21. The molecular formula is C42H40N4. The Kier molecular flexibility index (Phi) is 8.18. The van der Waals surface area contributed by atoms with Crippen LogP contribution in [0, 0.1) is 0 Å². The molecule has 7 rings (SSSR count). The third-order valence-corrected chi connectivity index (χ3v) is 8.93. The summed E-state index contributed by atoms with van der Waals surface area (Å²) in [5.74, 6) is 0. The van der Waals surface area contributed by atoms with Crippen LogP contribution in [-0.4, -0.2) is 17.7 Å². The molecule has 46 heavy (non-hydrogen) atoms. The van der Waals surface area contributed by atoms with Gasteiger partial charge in [0, 0.05) is 69.9 Å². The lowest BCUT2D eigenvalue weighted by Crippen LogP contribution is -2.24. The van der Waals surface area contributed by atoms with Crippen molar-refractivity contribution < 1.29 is 0 Å². The number of anilines is 7. The zero-order chi connectivity index (χ0) is 31.5. The fraction of sp³-hybridized carbons (Fsp3) is 0.143. The van der Waals surface area contributed by atoms with Crippen LogP contribution in [-0.2, 0) is 6.54 Å². The molecule has 0 bridgehead atoms. The zero-order valence-corrected chi connectivity index (χ0v) is 26.8. The minimum atomic E-state index is 0.896. The molecule has 0 fully saturated rings. The quantitative estimate of drug-likeness (QED) is 0.155. The molecule has 228 valence electrons. The van der Waals surface area contributed by atoms with E-state index in [1.807, 2.05) is 0 Å². The van der Waals surface area contributed by atoms with E-state index in [4.69, 9.17) is 0 Å². The van der Waals surface area contributed by atoms with Gasteiger partial charge in [-0.05, 0) is 106 Å². The zero-order valence-electron chi connectivity index (χ0n) is 26.8. The lowest BCUT2D eigenvalue weighted by atomic mass is 10.1. The monoisotopic (exact) mass is 600 g/mol. The van der Waals surface area contributed by atoms with E-state index >= 15 is 0 Å². The Bertz CT molecular complexity index is 2020. The number of benzene rings is 6. The van der Waals surface area contributed by atoms with Crippen LogP contribution in [0.4, 0.5) is 39.8 Å². The average molecular weight is 601 g/mol. The first-order chi connectivity index (χ1) is 22.7. The Morgan fingerprint density at radius 2 is 0.826 bits per heavy atom. The summed E-state index contributed by atoms with van der Waals surface area (Å²) < 4.78 is 2.43. The normalized spacial score (nSPS) is 11.2. The summed E-state index contributed by atoms with van der Waals surface area (Å²) in [5, 5.41) is 2.50. The van der Waals surface area contributed by atoms with E-state index in [9.17, 15) is 0 Å². The van der Waals surface area contributed by atoms with Gasteiger partial charge in [-0.25, -0.2) is 0 Å². The predicted octanol–water partition coefficient (Wildman–Crippen LogP) is 11.6. The van der Waals surface area contributed by atoms with Gasteiger partial charge in [-0.15, -0.1) is 0 Å². The molecule has 0 N–H and O–H groups in total.